The molecule has 0 bridgehead atoms. The van der Waals surface area contributed by atoms with Gasteiger partial charge in [-0.2, -0.15) is 0 Å². The van der Waals surface area contributed by atoms with Crippen LogP contribution in [0.25, 0.3) is 10.9 Å². The second-order valence-corrected chi connectivity index (χ2v) is 4.35. The van der Waals surface area contributed by atoms with Gasteiger partial charge in [0.1, 0.15) is 0 Å². The Morgan fingerprint density at radius 3 is 2.79 bits per heavy atom. The number of anilines is 1. The first-order valence-electron chi connectivity index (χ1n) is 6.36. The average Bonchev–Trinajstić information content (AvgIpc) is 2.42. The number of hydrogen-bond donors (Lipinski definition) is 1. The van der Waals surface area contributed by atoms with E-state index in [-0.39, 0.29) is 12.4 Å². The zero-order chi connectivity index (χ0) is 13.8. The molecule has 0 unspecified atom stereocenters. The molecule has 2 rings (SSSR count). The highest BCUT2D eigenvalue weighted by Crippen LogP contribution is 2.28. The summed E-state index contributed by atoms with van der Waals surface area (Å²) in [6.07, 6.45) is 0.239. The largest absolute Gasteiger partial charge is 0.469 e. The fourth-order valence-electron chi connectivity index (χ4n) is 2.19. The third-order valence-electron chi connectivity index (χ3n) is 3.10. The van der Waals surface area contributed by atoms with E-state index in [0.717, 1.165) is 34.4 Å². The predicted molar refractivity (Wildman–Crippen MR) is 76.4 cm³/mol. The number of fused-ring (bicyclic) bond motifs is 1. The number of carbonyl (C=O) groups excluding carboxylic acids is 1. The number of carbonyl (C=O) groups is 1. The second kappa shape index (κ2) is 5.69. The van der Waals surface area contributed by atoms with Crippen molar-refractivity contribution in [1.82, 2.24) is 4.98 Å². The first kappa shape index (κ1) is 13.3. The Kier molecular flexibility index (Phi) is 4.00. The number of para-hydroxylation sites is 1. The molecule has 0 saturated carbocycles. The second-order valence-electron chi connectivity index (χ2n) is 4.35. The molecule has 0 saturated heterocycles. The number of ether oxygens (including phenoxy) is 1. The van der Waals surface area contributed by atoms with Gasteiger partial charge in [0.2, 0.25) is 0 Å². The summed E-state index contributed by atoms with van der Waals surface area (Å²) in [6.45, 7) is 4.75. The molecular weight excluding hydrogens is 240 g/mol. The maximum Gasteiger partial charge on any atom is 0.310 e. The van der Waals surface area contributed by atoms with Gasteiger partial charge < -0.3 is 10.1 Å². The highest BCUT2D eigenvalue weighted by Gasteiger charge is 2.15. The molecule has 1 N–H and O–H groups in total. The van der Waals surface area contributed by atoms with E-state index in [2.05, 4.69) is 10.3 Å². The summed E-state index contributed by atoms with van der Waals surface area (Å²) in [5.74, 6) is -0.251. The minimum absolute atomic E-state index is 0.239. The van der Waals surface area contributed by atoms with Crippen LogP contribution in [0.3, 0.4) is 0 Å². The predicted octanol–water partition coefficient (Wildman–Crippen LogP) is 2.69. The fourth-order valence-corrected chi connectivity index (χ4v) is 2.19. The molecule has 0 aliphatic carbocycles. The number of nitrogens with zero attached hydrogens (tertiary/aromatic N) is 1. The number of benzene rings is 1. The maximum atomic E-state index is 11.5. The third-order valence-corrected chi connectivity index (χ3v) is 3.10. The topological polar surface area (TPSA) is 51.2 Å². The lowest BCUT2D eigenvalue weighted by Gasteiger charge is -2.15. The normalized spacial score (nSPS) is 10.5. The highest BCUT2D eigenvalue weighted by atomic mass is 16.5. The fraction of sp³-hybridized carbons (Fsp3) is 0.333. The maximum absolute atomic E-state index is 11.5. The Bertz CT molecular complexity index is 608. The van der Waals surface area contributed by atoms with E-state index in [4.69, 9.17) is 4.74 Å². The van der Waals surface area contributed by atoms with E-state index in [1.54, 1.807) is 0 Å². The van der Waals surface area contributed by atoms with Gasteiger partial charge in [0, 0.05) is 28.9 Å². The number of rotatable bonds is 4. The van der Waals surface area contributed by atoms with Gasteiger partial charge in [-0.3, -0.25) is 9.78 Å². The summed E-state index contributed by atoms with van der Waals surface area (Å²) in [5, 5.41) is 4.38. The Morgan fingerprint density at radius 1 is 1.37 bits per heavy atom. The summed E-state index contributed by atoms with van der Waals surface area (Å²) in [7, 11) is 1.40. The van der Waals surface area contributed by atoms with Crippen molar-refractivity contribution in [3.8, 4) is 0 Å². The minimum atomic E-state index is -0.251. The number of nitrogens with one attached hydrogen (secondary N) is 1. The molecule has 0 aliphatic heterocycles. The van der Waals surface area contributed by atoms with Crippen molar-refractivity contribution in [1.29, 1.82) is 0 Å². The van der Waals surface area contributed by atoms with E-state index in [9.17, 15) is 4.79 Å². The van der Waals surface area contributed by atoms with Crippen LogP contribution in [-0.2, 0) is 16.0 Å². The number of esters is 1. The van der Waals surface area contributed by atoms with Gasteiger partial charge >= 0.3 is 5.97 Å². The van der Waals surface area contributed by atoms with Gasteiger partial charge in [-0.1, -0.05) is 18.2 Å². The van der Waals surface area contributed by atoms with Crippen molar-refractivity contribution in [2.75, 3.05) is 19.0 Å². The van der Waals surface area contributed by atoms with Crippen LogP contribution in [0.5, 0.6) is 0 Å². The SMILES string of the molecule is CCNc1c(CC(=O)OC)c(C)nc2ccccc12. The Morgan fingerprint density at radius 2 is 2.11 bits per heavy atom. The number of methoxy groups -OCH3 is 1. The standard InChI is InChI=1S/C15H18N2O2/c1-4-16-15-11-7-5-6-8-13(11)17-10(2)12(15)9-14(18)19-3/h5-8H,4,9H2,1-3H3,(H,16,17). The van der Waals surface area contributed by atoms with Crippen LogP contribution in [0.1, 0.15) is 18.2 Å². The number of hydrogen-bond acceptors (Lipinski definition) is 4. The lowest BCUT2D eigenvalue weighted by Crippen LogP contribution is -2.11. The lowest BCUT2D eigenvalue weighted by molar-refractivity contribution is -0.139. The van der Waals surface area contributed by atoms with Crippen LogP contribution in [0, 0.1) is 6.92 Å². The molecule has 0 radical (unpaired) electrons. The number of pyridine rings is 1. The summed E-state index contributed by atoms with van der Waals surface area (Å²) in [4.78, 5) is 16.1. The molecule has 0 spiro atoms. The van der Waals surface area contributed by atoms with Crippen molar-refractivity contribution < 1.29 is 9.53 Å². The van der Waals surface area contributed by atoms with Gasteiger partial charge in [0.05, 0.1) is 19.0 Å². The zero-order valence-electron chi connectivity index (χ0n) is 11.5. The molecule has 4 nitrogen and oxygen atoms in total. The summed E-state index contributed by atoms with van der Waals surface area (Å²) >= 11 is 0. The summed E-state index contributed by atoms with van der Waals surface area (Å²) in [6, 6.07) is 7.93. The summed E-state index contributed by atoms with van der Waals surface area (Å²) < 4.78 is 4.76. The first-order valence-corrected chi connectivity index (χ1v) is 6.36. The molecule has 4 heteroatoms. The van der Waals surface area contributed by atoms with Gasteiger partial charge in [-0.05, 0) is 19.9 Å². The van der Waals surface area contributed by atoms with Crippen molar-refractivity contribution in [2.45, 2.75) is 20.3 Å². The molecule has 1 aromatic heterocycles. The molecular formula is C15H18N2O2. The number of aromatic nitrogens is 1. The van der Waals surface area contributed by atoms with Crippen LogP contribution < -0.4 is 5.32 Å². The highest BCUT2D eigenvalue weighted by molar-refractivity contribution is 5.94. The summed E-state index contributed by atoms with van der Waals surface area (Å²) in [5.41, 5.74) is 3.69. The van der Waals surface area contributed by atoms with Crippen LogP contribution >= 0.6 is 0 Å². The van der Waals surface area contributed by atoms with E-state index < -0.39 is 0 Å². The van der Waals surface area contributed by atoms with Crippen LogP contribution in [-0.4, -0.2) is 24.6 Å². The van der Waals surface area contributed by atoms with Crippen molar-refractivity contribution in [2.24, 2.45) is 0 Å². The molecule has 1 aromatic carbocycles. The molecule has 0 fully saturated rings. The van der Waals surface area contributed by atoms with E-state index in [1.165, 1.54) is 7.11 Å². The van der Waals surface area contributed by atoms with Crippen molar-refractivity contribution in [3.63, 3.8) is 0 Å². The zero-order valence-corrected chi connectivity index (χ0v) is 11.5. The van der Waals surface area contributed by atoms with Gasteiger partial charge in [0.25, 0.3) is 0 Å². The quantitative estimate of drug-likeness (QED) is 0.857. The van der Waals surface area contributed by atoms with Gasteiger partial charge in [-0.25, -0.2) is 0 Å². The molecule has 100 valence electrons. The van der Waals surface area contributed by atoms with Crippen LogP contribution in [0.2, 0.25) is 0 Å². The Hall–Kier alpha value is -2.10. The van der Waals surface area contributed by atoms with E-state index in [1.807, 2.05) is 38.1 Å². The van der Waals surface area contributed by atoms with Gasteiger partial charge in [-0.15, -0.1) is 0 Å². The molecule has 0 amide bonds. The average molecular weight is 258 g/mol. The first-order chi connectivity index (χ1) is 9.17. The van der Waals surface area contributed by atoms with E-state index >= 15 is 0 Å². The molecule has 2 aromatic rings. The van der Waals surface area contributed by atoms with Crippen molar-refractivity contribution >= 4 is 22.6 Å². The Balaban J connectivity index is 2.62. The molecule has 1 heterocycles. The lowest BCUT2D eigenvalue weighted by atomic mass is 10.0. The minimum Gasteiger partial charge on any atom is -0.469 e. The molecule has 0 aliphatic rings. The molecule has 19 heavy (non-hydrogen) atoms. The smallest absolute Gasteiger partial charge is 0.310 e. The Labute approximate surface area is 112 Å². The van der Waals surface area contributed by atoms with E-state index in [0.29, 0.717) is 0 Å². The van der Waals surface area contributed by atoms with Crippen LogP contribution in [0.15, 0.2) is 24.3 Å². The third kappa shape index (κ3) is 2.67. The monoisotopic (exact) mass is 258 g/mol. The number of aryl methyl sites for hydroxylation is 1. The van der Waals surface area contributed by atoms with Crippen LogP contribution in [0.4, 0.5) is 5.69 Å². The van der Waals surface area contributed by atoms with Crippen molar-refractivity contribution in [3.05, 3.63) is 35.5 Å². The molecule has 0 atom stereocenters. The van der Waals surface area contributed by atoms with Gasteiger partial charge in [0.15, 0.2) is 0 Å².